The molecule has 1 aliphatic rings. The highest BCUT2D eigenvalue weighted by molar-refractivity contribution is 5.90. The highest BCUT2D eigenvalue weighted by atomic mass is 16.4. The van der Waals surface area contributed by atoms with Crippen LogP contribution < -0.4 is 0 Å². The predicted octanol–water partition coefficient (Wildman–Crippen LogP) is 4.50. The van der Waals surface area contributed by atoms with Crippen LogP contribution in [-0.4, -0.2) is 11.1 Å². The fourth-order valence-corrected chi connectivity index (χ4v) is 3.15. The molecule has 114 valence electrons. The topological polar surface area (TPSA) is 37.3 Å². The van der Waals surface area contributed by atoms with Gasteiger partial charge in [-0.2, -0.15) is 0 Å². The molecule has 0 aliphatic heterocycles. The van der Waals surface area contributed by atoms with Gasteiger partial charge in [-0.15, -0.1) is 0 Å². The molecule has 2 aromatic carbocycles. The van der Waals surface area contributed by atoms with Crippen LogP contribution in [0.25, 0.3) is 0 Å². The number of hydrogen-bond acceptors (Lipinski definition) is 1. The molecule has 23 heavy (non-hydrogen) atoms. The Labute approximate surface area is 136 Å². The number of carbonyl (C=O) groups is 1. The molecule has 0 bridgehead atoms. The molecule has 3 rings (SSSR count). The van der Waals surface area contributed by atoms with Crippen molar-refractivity contribution < 1.29 is 9.90 Å². The number of benzene rings is 2. The van der Waals surface area contributed by atoms with Crippen LogP contribution in [0.1, 0.15) is 17.5 Å². The van der Waals surface area contributed by atoms with Crippen LogP contribution in [0.15, 0.2) is 96.6 Å². The normalized spacial score (nSPS) is 14.2. The molecule has 0 heterocycles. The Bertz CT molecular complexity index is 729. The molecule has 0 unspecified atom stereocenters. The molecule has 0 atom stereocenters. The first-order valence-corrected chi connectivity index (χ1v) is 7.63. The van der Waals surface area contributed by atoms with Crippen LogP contribution in [0.5, 0.6) is 0 Å². The van der Waals surface area contributed by atoms with Gasteiger partial charge in [-0.3, -0.25) is 4.79 Å². The Morgan fingerprint density at radius 3 is 1.91 bits per heavy atom. The Morgan fingerprint density at radius 2 is 1.39 bits per heavy atom. The van der Waals surface area contributed by atoms with Gasteiger partial charge >= 0.3 is 5.97 Å². The quantitative estimate of drug-likeness (QED) is 0.903. The molecule has 1 aliphatic carbocycles. The Morgan fingerprint density at radius 1 is 0.826 bits per heavy atom. The van der Waals surface area contributed by atoms with Crippen molar-refractivity contribution in [1.82, 2.24) is 0 Å². The van der Waals surface area contributed by atoms with E-state index < -0.39 is 11.4 Å². The van der Waals surface area contributed by atoms with Gasteiger partial charge < -0.3 is 5.11 Å². The standard InChI is InChI=1S/C21H18O2/c22-20(23)21(18-13-7-3-8-14-18,19-15-9-4-10-16-19)17-11-5-1-2-6-12-17/h1-11,13-16H,12H2,(H,22,23). The zero-order valence-corrected chi connectivity index (χ0v) is 12.7. The summed E-state index contributed by atoms with van der Waals surface area (Å²) in [6.45, 7) is 0. The first kappa shape index (κ1) is 15.0. The third-order valence-electron chi connectivity index (χ3n) is 4.21. The number of rotatable bonds is 4. The third kappa shape index (κ3) is 2.64. The van der Waals surface area contributed by atoms with Crippen molar-refractivity contribution in [2.24, 2.45) is 0 Å². The lowest BCUT2D eigenvalue weighted by Gasteiger charge is -2.33. The van der Waals surface area contributed by atoms with E-state index in [4.69, 9.17) is 0 Å². The molecule has 0 aromatic heterocycles. The van der Waals surface area contributed by atoms with E-state index in [1.165, 1.54) is 0 Å². The van der Waals surface area contributed by atoms with Crippen molar-refractivity contribution >= 4 is 5.97 Å². The molecule has 2 heteroatoms. The zero-order valence-electron chi connectivity index (χ0n) is 12.7. The van der Waals surface area contributed by atoms with Gasteiger partial charge in [0.05, 0.1) is 0 Å². The fourth-order valence-electron chi connectivity index (χ4n) is 3.15. The van der Waals surface area contributed by atoms with E-state index in [1.54, 1.807) is 0 Å². The summed E-state index contributed by atoms with van der Waals surface area (Å²) in [5.41, 5.74) is 1.22. The fraction of sp³-hybridized carbons (Fsp3) is 0.0952. The number of carboxylic acids is 1. The lowest BCUT2D eigenvalue weighted by atomic mass is 9.68. The maximum Gasteiger partial charge on any atom is 0.322 e. The number of aliphatic carboxylic acids is 1. The zero-order chi connectivity index (χ0) is 16.1. The summed E-state index contributed by atoms with van der Waals surface area (Å²) in [6.07, 6.45) is 10.3. The lowest BCUT2D eigenvalue weighted by Crippen LogP contribution is -2.39. The lowest BCUT2D eigenvalue weighted by molar-refractivity contribution is -0.140. The van der Waals surface area contributed by atoms with E-state index in [9.17, 15) is 9.90 Å². The maximum absolute atomic E-state index is 12.5. The third-order valence-corrected chi connectivity index (χ3v) is 4.21. The van der Waals surface area contributed by atoms with Crippen molar-refractivity contribution in [3.8, 4) is 0 Å². The van der Waals surface area contributed by atoms with E-state index in [0.29, 0.717) is 6.42 Å². The molecule has 0 saturated carbocycles. The first-order valence-electron chi connectivity index (χ1n) is 7.63. The van der Waals surface area contributed by atoms with Gasteiger partial charge in [0.25, 0.3) is 0 Å². The Hall–Kier alpha value is -2.87. The molecule has 0 saturated heterocycles. The molecule has 2 aromatic rings. The first-order chi connectivity index (χ1) is 11.3. The number of allylic oxidation sites excluding steroid dienone is 5. The van der Waals surface area contributed by atoms with Crippen LogP contribution in [0.2, 0.25) is 0 Å². The van der Waals surface area contributed by atoms with Crippen LogP contribution in [0, 0.1) is 0 Å². The van der Waals surface area contributed by atoms with Crippen molar-refractivity contribution in [1.29, 1.82) is 0 Å². The molecule has 0 spiro atoms. The van der Waals surface area contributed by atoms with Crippen molar-refractivity contribution in [2.45, 2.75) is 11.8 Å². The number of hydrogen-bond donors (Lipinski definition) is 1. The van der Waals surface area contributed by atoms with E-state index in [-0.39, 0.29) is 0 Å². The van der Waals surface area contributed by atoms with Gasteiger partial charge in [0, 0.05) is 0 Å². The SMILES string of the molecule is O=C(O)C(C1=CC=CC=CC1)(c1ccccc1)c1ccccc1. The highest BCUT2D eigenvalue weighted by Gasteiger charge is 2.44. The average molecular weight is 302 g/mol. The monoisotopic (exact) mass is 302 g/mol. The van der Waals surface area contributed by atoms with Gasteiger partial charge in [-0.25, -0.2) is 0 Å². The second kappa shape index (κ2) is 6.49. The highest BCUT2D eigenvalue weighted by Crippen LogP contribution is 2.41. The molecular formula is C21H18O2. The van der Waals surface area contributed by atoms with Crippen molar-refractivity contribution in [3.05, 3.63) is 108 Å². The minimum Gasteiger partial charge on any atom is -0.480 e. The Balaban J connectivity index is 2.32. The Kier molecular flexibility index (Phi) is 4.24. The minimum atomic E-state index is -1.18. The molecule has 0 fully saturated rings. The van der Waals surface area contributed by atoms with Crippen molar-refractivity contribution in [3.63, 3.8) is 0 Å². The molecule has 1 N–H and O–H groups in total. The van der Waals surface area contributed by atoms with Crippen LogP contribution in [-0.2, 0) is 10.2 Å². The minimum absolute atomic E-state index is 0.600. The summed E-state index contributed by atoms with van der Waals surface area (Å²) in [5.74, 6) is -0.857. The molecule has 0 amide bonds. The second-order valence-electron chi connectivity index (χ2n) is 5.50. The summed E-state index contributed by atoms with van der Waals surface area (Å²) < 4.78 is 0. The molecule has 2 nitrogen and oxygen atoms in total. The van der Waals surface area contributed by atoms with Gasteiger partial charge in [0.15, 0.2) is 0 Å². The van der Waals surface area contributed by atoms with E-state index in [0.717, 1.165) is 16.7 Å². The summed E-state index contributed by atoms with van der Waals surface area (Å²) in [7, 11) is 0. The van der Waals surface area contributed by atoms with E-state index in [2.05, 4.69) is 0 Å². The van der Waals surface area contributed by atoms with Crippen LogP contribution in [0.4, 0.5) is 0 Å². The summed E-state index contributed by atoms with van der Waals surface area (Å²) >= 11 is 0. The molecule has 0 radical (unpaired) electrons. The van der Waals surface area contributed by atoms with Crippen LogP contribution in [0.3, 0.4) is 0 Å². The maximum atomic E-state index is 12.5. The second-order valence-corrected chi connectivity index (χ2v) is 5.50. The summed E-state index contributed by atoms with van der Waals surface area (Å²) in [5, 5.41) is 10.3. The van der Waals surface area contributed by atoms with Gasteiger partial charge in [0.2, 0.25) is 0 Å². The van der Waals surface area contributed by atoms with Gasteiger partial charge in [-0.1, -0.05) is 91.0 Å². The predicted molar refractivity (Wildman–Crippen MR) is 92.3 cm³/mol. The van der Waals surface area contributed by atoms with Gasteiger partial charge in [0.1, 0.15) is 5.41 Å². The van der Waals surface area contributed by atoms with Crippen LogP contribution >= 0.6 is 0 Å². The van der Waals surface area contributed by atoms with Gasteiger partial charge in [-0.05, 0) is 23.1 Å². The smallest absolute Gasteiger partial charge is 0.322 e. The number of carboxylic acid groups (broad SMARTS) is 1. The molecular weight excluding hydrogens is 284 g/mol. The van der Waals surface area contributed by atoms with Crippen molar-refractivity contribution in [2.75, 3.05) is 0 Å². The largest absolute Gasteiger partial charge is 0.480 e. The summed E-state index contributed by atoms with van der Waals surface area (Å²) in [4.78, 5) is 12.5. The van der Waals surface area contributed by atoms with E-state index in [1.807, 2.05) is 91.0 Å². The van der Waals surface area contributed by atoms with E-state index >= 15 is 0 Å². The average Bonchev–Trinajstić information content (AvgIpc) is 2.87. The summed E-state index contributed by atoms with van der Waals surface area (Å²) in [6, 6.07) is 18.9.